The summed E-state index contributed by atoms with van der Waals surface area (Å²) in [6.07, 6.45) is 0.0136. The van der Waals surface area contributed by atoms with Crippen LogP contribution in [0.5, 0.6) is 11.5 Å². The van der Waals surface area contributed by atoms with E-state index in [0.717, 1.165) is 5.56 Å². The maximum absolute atomic E-state index is 12.2. The van der Waals surface area contributed by atoms with Gasteiger partial charge in [0.1, 0.15) is 6.23 Å². The molecule has 1 fully saturated rings. The number of hydrogen-bond acceptors (Lipinski definition) is 7. The number of fused-ring (bicyclic) bond motifs is 1. The van der Waals surface area contributed by atoms with Crippen molar-refractivity contribution in [3.63, 3.8) is 0 Å². The Labute approximate surface area is 171 Å². The SMILES string of the molecule is Cc1cn([C@H]2C[C@H](O)[C@@H](CCC(=O)NCc3ccc4c(c3)OCO4)O2)c(=O)[nH]c1=O. The molecule has 10 nitrogen and oxygen atoms in total. The van der Waals surface area contributed by atoms with Gasteiger partial charge in [-0.3, -0.25) is 19.1 Å². The molecule has 0 radical (unpaired) electrons. The first-order valence-corrected chi connectivity index (χ1v) is 9.71. The van der Waals surface area contributed by atoms with Crippen LogP contribution >= 0.6 is 0 Å². The van der Waals surface area contributed by atoms with Gasteiger partial charge in [-0.25, -0.2) is 4.79 Å². The predicted molar refractivity (Wildman–Crippen MR) is 104 cm³/mol. The quantitative estimate of drug-likeness (QED) is 0.617. The smallest absolute Gasteiger partial charge is 0.330 e. The monoisotopic (exact) mass is 417 g/mol. The van der Waals surface area contributed by atoms with Crippen LogP contribution in [0.25, 0.3) is 0 Å². The van der Waals surface area contributed by atoms with Crippen LogP contribution in [0.15, 0.2) is 34.0 Å². The van der Waals surface area contributed by atoms with E-state index in [1.165, 1.54) is 10.8 Å². The Balaban J connectivity index is 1.28. The molecule has 1 aromatic heterocycles. The van der Waals surface area contributed by atoms with E-state index in [-0.39, 0.29) is 25.5 Å². The lowest BCUT2D eigenvalue weighted by molar-refractivity contribution is -0.122. The molecule has 10 heteroatoms. The van der Waals surface area contributed by atoms with Gasteiger partial charge in [0.25, 0.3) is 5.56 Å². The number of hydrogen-bond donors (Lipinski definition) is 3. The van der Waals surface area contributed by atoms with Gasteiger partial charge in [-0.05, 0) is 31.0 Å². The fraction of sp³-hybridized carbons (Fsp3) is 0.450. The summed E-state index contributed by atoms with van der Waals surface area (Å²) in [5.74, 6) is 1.16. The molecule has 0 saturated carbocycles. The van der Waals surface area contributed by atoms with Gasteiger partial charge in [0, 0.05) is 31.1 Å². The van der Waals surface area contributed by atoms with Crippen LogP contribution in [-0.2, 0) is 16.1 Å². The van der Waals surface area contributed by atoms with E-state index in [0.29, 0.717) is 30.0 Å². The molecule has 4 rings (SSSR count). The number of aromatic nitrogens is 2. The molecule has 0 aliphatic carbocycles. The van der Waals surface area contributed by atoms with Crippen molar-refractivity contribution in [1.82, 2.24) is 14.9 Å². The van der Waals surface area contributed by atoms with Crippen molar-refractivity contribution in [3.05, 3.63) is 56.4 Å². The van der Waals surface area contributed by atoms with E-state index in [9.17, 15) is 19.5 Å². The first-order chi connectivity index (χ1) is 14.4. The number of rotatable bonds is 6. The van der Waals surface area contributed by atoms with Gasteiger partial charge in [0.2, 0.25) is 12.7 Å². The van der Waals surface area contributed by atoms with Crippen LogP contribution in [0.3, 0.4) is 0 Å². The third-order valence-corrected chi connectivity index (χ3v) is 5.24. The molecule has 0 spiro atoms. The van der Waals surface area contributed by atoms with Crippen molar-refractivity contribution in [2.75, 3.05) is 6.79 Å². The maximum Gasteiger partial charge on any atom is 0.330 e. The van der Waals surface area contributed by atoms with E-state index in [1.807, 2.05) is 12.1 Å². The second kappa shape index (κ2) is 8.33. The average molecular weight is 417 g/mol. The number of carbonyl (C=O) groups is 1. The standard InChI is InChI=1S/C20H23N3O7/c1-11-9-23(20(27)22-19(11)26)18-7-13(24)14(30-18)4-5-17(25)21-8-12-2-3-15-16(6-12)29-10-28-15/h2-3,6,9,13-14,18,24H,4-5,7-8,10H2,1H3,(H,21,25)(H,22,26,27)/t13-,14+,18+/m0/s1. The summed E-state index contributed by atoms with van der Waals surface area (Å²) in [7, 11) is 0. The van der Waals surface area contributed by atoms with Gasteiger partial charge < -0.3 is 24.6 Å². The van der Waals surface area contributed by atoms with Crippen molar-refractivity contribution >= 4 is 5.91 Å². The molecule has 0 unspecified atom stereocenters. The van der Waals surface area contributed by atoms with Crippen molar-refractivity contribution < 1.29 is 24.1 Å². The molecular formula is C20H23N3O7. The number of H-pyrrole nitrogens is 1. The highest BCUT2D eigenvalue weighted by atomic mass is 16.7. The lowest BCUT2D eigenvalue weighted by Crippen LogP contribution is -2.33. The predicted octanol–water partition coefficient (Wildman–Crippen LogP) is 0.319. The lowest BCUT2D eigenvalue weighted by atomic mass is 10.1. The first-order valence-electron chi connectivity index (χ1n) is 9.71. The topological polar surface area (TPSA) is 132 Å². The van der Waals surface area contributed by atoms with Gasteiger partial charge in [0.15, 0.2) is 11.5 Å². The Morgan fingerprint density at radius 1 is 1.30 bits per heavy atom. The lowest BCUT2D eigenvalue weighted by Gasteiger charge is -2.16. The molecule has 1 amide bonds. The van der Waals surface area contributed by atoms with Crippen molar-refractivity contribution in [3.8, 4) is 11.5 Å². The normalized spacial score (nSPS) is 22.3. The zero-order valence-electron chi connectivity index (χ0n) is 16.4. The highest BCUT2D eigenvalue weighted by Crippen LogP contribution is 2.32. The van der Waals surface area contributed by atoms with Crippen molar-refractivity contribution in [2.45, 2.75) is 51.2 Å². The number of aliphatic hydroxyl groups is 1. The molecule has 3 atom stereocenters. The Bertz CT molecular complexity index is 1060. The number of amides is 1. The largest absolute Gasteiger partial charge is 0.454 e. The molecule has 2 aliphatic heterocycles. The number of aryl methyl sites for hydroxylation is 1. The van der Waals surface area contributed by atoms with Gasteiger partial charge >= 0.3 is 5.69 Å². The van der Waals surface area contributed by atoms with Crippen LogP contribution in [0.4, 0.5) is 0 Å². The summed E-state index contributed by atoms with van der Waals surface area (Å²) in [5.41, 5.74) is 0.215. The zero-order chi connectivity index (χ0) is 21.3. The minimum absolute atomic E-state index is 0.165. The van der Waals surface area contributed by atoms with Gasteiger partial charge in [-0.2, -0.15) is 0 Å². The summed E-state index contributed by atoms with van der Waals surface area (Å²) >= 11 is 0. The number of nitrogens with zero attached hydrogens (tertiary/aromatic N) is 1. The second-order valence-electron chi connectivity index (χ2n) is 7.41. The van der Waals surface area contributed by atoms with Crippen LogP contribution < -0.4 is 26.0 Å². The molecule has 160 valence electrons. The maximum atomic E-state index is 12.2. The van der Waals surface area contributed by atoms with Crippen LogP contribution in [0.1, 0.15) is 36.6 Å². The highest BCUT2D eigenvalue weighted by molar-refractivity contribution is 5.75. The minimum Gasteiger partial charge on any atom is -0.454 e. The number of carbonyl (C=O) groups excluding carboxylic acids is 1. The summed E-state index contributed by atoms with van der Waals surface area (Å²) in [6.45, 7) is 2.13. The number of benzene rings is 1. The molecule has 2 aromatic rings. The van der Waals surface area contributed by atoms with Crippen LogP contribution in [-0.4, -0.2) is 39.6 Å². The van der Waals surface area contributed by atoms with E-state index < -0.39 is 29.7 Å². The molecule has 3 heterocycles. The third-order valence-electron chi connectivity index (χ3n) is 5.24. The molecule has 1 aromatic carbocycles. The molecule has 3 N–H and O–H groups in total. The summed E-state index contributed by atoms with van der Waals surface area (Å²) in [4.78, 5) is 38.0. The van der Waals surface area contributed by atoms with Gasteiger partial charge in [0.05, 0.1) is 12.2 Å². The average Bonchev–Trinajstić information content (AvgIpc) is 3.33. The van der Waals surface area contributed by atoms with Gasteiger partial charge in [-0.15, -0.1) is 0 Å². The number of aromatic amines is 1. The number of ether oxygens (including phenoxy) is 3. The van der Waals surface area contributed by atoms with E-state index >= 15 is 0 Å². The Morgan fingerprint density at radius 2 is 2.10 bits per heavy atom. The third kappa shape index (κ3) is 4.24. The molecule has 0 bridgehead atoms. The van der Waals surface area contributed by atoms with Crippen molar-refractivity contribution in [2.24, 2.45) is 0 Å². The van der Waals surface area contributed by atoms with E-state index in [2.05, 4.69) is 10.3 Å². The summed E-state index contributed by atoms with van der Waals surface area (Å²) in [6, 6.07) is 5.47. The molecule has 1 saturated heterocycles. The Kier molecular flexibility index (Phi) is 5.60. The number of nitrogens with one attached hydrogen (secondary N) is 2. The van der Waals surface area contributed by atoms with Crippen molar-refractivity contribution in [1.29, 1.82) is 0 Å². The van der Waals surface area contributed by atoms with E-state index in [4.69, 9.17) is 14.2 Å². The fourth-order valence-corrected chi connectivity index (χ4v) is 3.56. The van der Waals surface area contributed by atoms with E-state index in [1.54, 1.807) is 13.0 Å². The van der Waals surface area contributed by atoms with Gasteiger partial charge in [-0.1, -0.05) is 6.07 Å². The Hall–Kier alpha value is -3.11. The second-order valence-corrected chi connectivity index (χ2v) is 7.41. The minimum atomic E-state index is -0.809. The first kappa shape index (κ1) is 20.2. The highest BCUT2D eigenvalue weighted by Gasteiger charge is 2.35. The van der Waals surface area contributed by atoms with Crippen LogP contribution in [0, 0.1) is 6.92 Å². The molecule has 30 heavy (non-hydrogen) atoms. The molecular weight excluding hydrogens is 394 g/mol. The Morgan fingerprint density at radius 3 is 2.93 bits per heavy atom. The number of aliphatic hydroxyl groups excluding tert-OH is 1. The molecule has 2 aliphatic rings. The zero-order valence-corrected chi connectivity index (χ0v) is 16.4. The summed E-state index contributed by atoms with van der Waals surface area (Å²) in [5, 5.41) is 13.1. The fourth-order valence-electron chi connectivity index (χ4n) is 3.56. The summed E-state index contributed by atoms with van der Waals surface area (Å²) < 4.78 is 17.6. The van der Waals surface area contributed by atoms with Crippen LogP contribution in [0.2, 0.25) is 0 Å².